The molecule has 7 heteroatoms. The number of hydrogen-bond donors (Lipinski definition) is 2. The van der Waals surface area contributed by atoms with Crippen molar-refractivity contribution in [1.82, 2.24) is 4.72 Å². The molecule has 0 aliphatic rings. The first kappa shape index (κ1) is 18.4. The van der Waals surface area contributed by atoms with Crippen LogP contribution < -0.4 is 10.0 Å². The summed E-state index contributed by atoms with van der Waals surface area (Å²) < 4.78 is 26.6. The van der Waals surface area contributed by atoms with E-state index in [9.17, 15) is 13.2 Å². The predicted molar refractivity (Wildman–Crippen MR) is 95.8 cm³/mol. The summed E-state index contributed by atoms with van der Waals surface area (Å²) >= 11 is 5.74. The third kappa shape index (κ3) is 5.06. The molecule has 0 saturated heterocycles. The largest absolute Gasteiger partial charge is 0.326 e. The molecule has 2 rings (SSSR count). The van der Waals surface area contributed by atoms with E-state index in [0.29, 0.717) is 5.02 Å². The van der Waals surface area contributed by atoms with Crippen molar-refractivity contribution < 1.29 is 13.2 Å². The van der Waals surface area contributed by atoms with Gasteiger partial charge < -0.3 is 5.32 Å². The molecule has 2 aromatic rings. The number of hydrogen-bond acceptors (Lipinski definition) is 3. The number of carbonyl (C=O) groups excluding carboxylic acids is 1. The fourth-order valence-corrected chi connectivity index (χ4v) is 3.24. The minimum absolute atomic E-state index is 0.0155. The Morgan fingerprint density at radius 2 is 1.75 bits per heavy atom. The molecule has 2 aromatic carbocycles. The molecule has 0 fully saturated rings. The predicted octanol–water partition coefficient (Wildman–Crippen LogP) is 3.26. The molecular formula is C17H19ClN2O3S. The van der Waals surface area contributed by atoms with Gasteiger partial charge in [-0.1, -0.05) is 23.7 Å². The van der Waals surface area contributed by atoms with Crippen LogP contribution in [-0.2, 0) is 14.8 Å². The molecule has 0 spiro atoms. The van der Waals surface area contributed by atoms with Gasteiger partial charge in [0.2, 0.25) is 15.9 Å². The van der Waals surface area contributed by atoms with Crippen molar-refractivity contribution in [3.63, 3.8) is 0 Å². The lowest BCUT2D eigenvalue weighted by molar-refractivity contribution is -0.116. The Bertz CT molecular complexity index is 833. The van der Waals surface area contributed by atoms with E-state index in [-0.39, 0.29) is 23.8 Å². The fourth-order valence-electron chi connectivity index (χ4n) is 2.08. The van der Waals surface area contributed by atoms with E-state index < -0.39 is 10.0 Å². The average molecular weight is 367 g/mol. The van der Waals surface area contributed by atoms with Crippen LogP contribution >= 0.6 is 11.6 Å². The molecule has 0 aromatic heterocycles. The molecule has 128 valence electrons. The van der Waals surface area contributed by atoms with Gasteiger partial charge in [-0.25, -0.2) is 13.1 Å². The Morgan fingerprint density at radius 3 is 2.42 bits per heavy atom. The summed E-state index contributed by atoms with van der Waals surface area (Å²) in [4.78, 5) is 12.1. The van der Waals surface area contributed by atoms with Crippen molar-refractivity contribution in [1.29, 1.82) is 0 Å². The zero-order valence-corrected chi connectivity index (χ0v) is 15.0. The molecule has 5 nitrogen and oxygen atoms in total. The summed E-state index contributed by atoms with van der Waals surface area (Å²) in [5.41, 5.74) is 2.73. The van der Waals surface area contributed by atoms with Crippen LogP contribution in [0.2, 0.25) is 5.02 Å². The molecule has 0 aliphatic carbocycles. The smallest absolute Gasteiger partial charge is 0.240 e. The van der Waals surface area contributed by atoms with E-state index in [0.717, 1.165) is 16.8 Å². The van der Waals surface area contributed by atoms with Crippen molar-refractivity contribution in [3.05, 3.63) is 58.6 Å². The van der Waals surface area contributed by atoms with E-state index in [2.05, 4.69) is 10.0 Å². The van der Waals surface area contributed by atoms with Crippen LogP contribution in [0, 0.1) is 13.8 Å². The topological polar surface area (TPSA) is 75.3 Å². The molecule has 0 saturated carbocycles. The lowest BCUT2D eigenvalue weighted by Crippen LogP contribution is -2.28. The third-order valence-electron chi connectivity index (χ3n) is 3.44. The second-order valence-electron chi connectivity index (χ2n) is 5.47. The minimum atomic E-state index is -3.65. The number of anilines is 1. The number of rotatable bonds is 6. The highest BCUT2D eigenvalue weighted by Gasteiger charge is 2.14. The van der Waals surface area contributed by atoms with Crippen molar-refractivity contribution in [2.75, 3.05) is 11.9 Å². The van der Waals surface area contributed by atoms with Crippen LogP contribution in [0.25, 0.3) is 0 Å². The number of aryl methyl sites for hydroxylation is 2. The molecule has 0 aliphatic heterocycles. The summed E-state index contributed by atoms with van der Waals surface area (Å²) in [5.74, 6) is -0.248. The van der Waals surface area contributed by atoms with Crippen molar-refractivity contribution in [3.8, 4) is 0 Å². The molecule has 0 unspecified atom stereocenters. The summed E-state index contributed by atoms with van der Waals surface area (Å²) in [7, 11) is -3.65. The minimum Gasteiger partial charge on any atom is -0.326 e. The third-order valence-corrected chi connectivity index (χ3v) is 5.16. The molecule has 2 N–H and O–H groups in total. The number of halogens is 1. The molecule has 0 atom stereocenters. The molecular weight excluding hydrogens is 348 g/mol. The summed E-state index contributed by atoms with van der Waals surface area (Å²) in [6.07, 6.45) is 0.0419. The molecule has 0 bridgehead atoms. The van der Waals surface area contributed by atoms with E-state index in [1.165, 1.54) is 24.3 Å². The monoisotopic (exact) mass is 366 g/mol. The average Bonchev–Trinajstić information content (AvgIpc) is 2.51. The normalized spacial score (nSPS) is 11.3. The van der Waals surface area contributed by atoms with Gasteiger partial charge in [0.15, 0.2) is 0 Å². The second kappa shape index (κ2) is 7.79. The first-order chi connectivity index (χ1) is 11.3. The molecule has 1 amide bonds. The highest BCUT2D eigenvalue weighted by Crippen LogP contribution is 2.17. The van der Waals surface area contributed by atoms with Crippen LogP contribution in [0.3, 0.4) is 0 Å². The lowest BCUT2D eigenvalue weighted by atomic mass is 10.1. The van der Waals surface area contributed by atoms with Gasteiger partial charge in [-0.15, -0.1) is 0 Å². The zero-order valence-electron chi connectivity index (χ0n) is 13.5. The highest BCUT2D eigenvalue weighted by molar-refractivity contribution is 7.89. The summed E-state index contributed by atoms with van der Waals surface area (Å²) in [6, 6.07) is 11.6. The summed E-state index contributed by atoms with van der Waals surface area (Å²) in [5, 5.41) is 3.25. The van der Waals surface area contributed by atoms with Crippen LogP contribution in [0.5, 0.6) is 0 Å². The van der Waals surface area contributed by atoms with E-state index in [1.54, 1.807) is 0 Å². The van der Waals surface area contributed by atoms with E-state index >= 15 is 0 Å². The molecule has 0 radical (unpaired) electrons. The van der Waals surface area contributed by atoms with Gasteiger partial charge in [0, 0.05) is 23.7 Å². The lowest BCUT2D eigenvalue weighted by Gasteiger charge is -2.10. The Hall–Kier alpha value is -1.89. The number of nitrogens with one attached hydrogen (secondary N) is 2. The Morgan fingerprint density at radius 1 is 1.08 bits per heavy atom. The maximum atomic E-state index is 12.1. The summed E-state index contributed by atoms with van der Waals surface area (Å²) in [6.45, 7) is 3.86. The van der Waals surface area contributed by atoms with Crippen molar-refractivity contribution in [2.24, 2.45) is 0 Å². The standard InChI is InChI=1S/C17H19ClN2O3S/c1-12-3-4-13(2)16(11-12)20-17(21)9-10-19-24(22,23)15-7-5-14(18)6-8-15/h3-8,11,19H,9-10H2,1-2H3,(H,20,21). The fraction of sp³-hybridized carbons (Fsp3) is 0.235. The van der Waals surface area contributed by atoms with Crippen molar-refractivity contribution in [2.45, 2.75) is 25.2 Å². The Balaban J connectivity index is 1.90. The Labute approximate surface area is 147 Å². The van der Waals surface area contributed by atoms with Gasteiger partial charge in [-0.05, 0) is 55.3 Å². The van der Waals surface area contributed by atoms with Gasteiger partial charge in [0.1, 0.15) is 0 Å². The van der Waals surface area contributed by atoms with Gasteiger partial charge in [-0.2, -0.15) is 0 Å². The Kier molecular flexibility index (Phi) is 5.99. The molecule has 24 heavy (non-hydrogen) atoms. The van der Waals surface area contributed by atoms with Gasteiger partial charge >= 0.3 is 0 Å². The number of benzene rings is 2. The SMILES string of the molecule is Cc1ccc(C)c(NC(=O)CCNS(=O)(=O)c2ccc(Cl)cc2)c1. The van der Waals surface area contributed by atoms with Gasteiger partial charge in [0.25, 0.3) is 0 Å². The van der Waals surface area contributed by atoms with E-state index in [1.807, 2.05) is 32.0 Å². The first-order valence-corrected chi connectivity index (χ1v) is 9.26. The number of carbonyl (C=O) groups is 1. The molecule has 0 heterocycles. The number of amides is 1. The highest BCUT2D eigenvalue weighted by atomic mass is 35.5. The number of sulfonamides is 1. The van der Waals surface area contributed by atoms with Gasteiger partial charge in [0.05, 0.1) is 4.90 Å². The van der Waals surface area contributed by atoms with E-state index in [4.69, 9.17) is 11.6 Å². The zero-order chi connectivity index (χ0) is 17.7. The quantitative estimate of drug-likeness (QED) is 0.823. The van der Waals surface area contributed by atoms with Crippen LogP contribution in [0.4, 0.5) is 5.69 Å². The first-order valence-electron chi connectivity index (χ1n) is 7.40. The van der Waals surface area contributed by atoms with Crippen LogP contribution in [0.1, 0.15) is 17.5 Å². The van der Waals surface area contributed by atoms with Crippen molar-refractivity contribution >= 4 is 33.2 Å². The van der Waals surface area contributed by atoms with Gasteiger partial charge in [-0.3, -0.25) is 4.79 Å². The van der Waals surface area contributed by atoms with Crippen LogP contribution in [-0.4, -0.2) is 20.9 Å². The van der Waals surface area contributed by atoms with Crippen LogP contribution in [0.15, 0.2) is 47.4 Å². The maximum Gasteiger partial charge on any atom is 0.240 e. The maximum absolute atomic E-state index is 12.1. The second-order valence-corrected chi connectivity index (χ2v) is 7.67.